The molecule has 1 atom stereocenters. The topological polar surface area (TPSA) is 52.2 Å². The van der Waals surface area contributed by atoms with Crippen LogP contribution in [0.1, 0.15) is 56.3 Å². The van der Waals surface area contributed by atoms with Crippen molar-refractivity contribution in [3.05, 3.63) is 35.5 Å². The highest BCUT2D eigenvalue weighted by atomic mass is 16.5. The Bertz CT molecular complexity index is 572. The molecule has 2 rings (SSSR count). The van der Waals surface area contributed by atoms with E-state index in [-0.39, 0.29) is 12.1 Å². The Balaban J connectivity index is 2.50. The summed E-state index contributed by atoms with van der Waals surface area (Å²) in [4.78, 5) is 0. The van der Waals surface area contributed by atoms with Crippen LogP contribution in [-0.4, -0.2) is 23.4 Å². The van der Waals surface area contributed by atoms with Gasteiger partial charge in [-0.2, -0.15) is 5.10 Å². The van der Waals surface area contributed by atoms with Crippen LogP contribution in [0.2, 0.25) is 0 Å². The predicted molar refractivity (Wildman–Crippen MR) is 82.7 cm³/mol. The quantitative estimate of drug-likeness (QED) is 0.848. The molecule has 2 aromatic heterocycles. The summed E-state index contributed by atoms with van der Waals surface area (Å²) in [6, 6.07) is 2.18. The van der Waals surface area contributed by atoms with Gasteiger partial charge < -0.3 is 14.5 Å². The number of rotatable bonds is 7. The van der Waals surface area contributed by atoms with E-state index in [2.05, 4.69) is 38.1 Å². The van der Waals surface area contributed by atoms with Crippen LogP contribution in [0.25, 0.3) is 0 Å². The van der Waals surface area contributed by atoms with E-state index < -0.39 is 0 Å². The van der Waals surface area contributed by atoms with Crippen LogP contribution >= 0.6 is 0 Å². The molecule has 0 amide bonds. The molecule has 0 saturated heterocycles. The van der Waals surface area contributed by atoms with Crippen molar-refractivity contribution in [2.45, 2.75) is 46.2 Å². The maximum Gasteiger partial charge on any atom is 0.162 e. The SMILES string of the molecule is CCCNC(c1occc1C)c1c(OC)cnn1C(C)C. The molecular formula is C16H25N3O2. The molecule has 21 heavy (non-hydrogen) atoms. The number of ether oxygens (including phenoxy) is 1. The van der Waals surface area contributed by atoms with Gasteiger partial charge in [0.1, 0.15) is 17.5 Å². The van der Waals surface area contributed by atoms with Crippen LogP contribution in [0.4, 0.5) is 0 Å². The molecule has 116 valence electrons. The number of nitrogens with one attached hydrogen (secondary N) is 1. The van der Waals surface area contributed by atoms with E-state index in [0.29, 0.717) is 0 Å². The first kappa shape index (κ1) is 15.6. The molecule has 0 saturated carbocycles. The predicted octanol–water partition coefficient (Wildman–Crippen LogP) is 3.46. The number of hydrogen-bond acceptors (Lipinski definition) is 4. The standard InChI is InChI=1S/C16H25N3O2/c1-6-8-17-14(16-12(4)7-9-21-16)15-13(20-5)10-18-19(15)11(2)3/h7,9-11,14,17H,6,8H2,1-5H3. The van der Waals surface area contributed by atoms with Crippen LogP contribution < -0.4 is 10.1 Å². The molecule has 0 radical (unpaired) electrons. The summed E-state index contributed by atoms with van der Waals surface area (Å²) >= 11 is 0. The van der Waals surface area contributed by atoms with Crippen molar-refractivity contribution in [2.75, 3.05) is 13.7 Å². The smallest absolute Gasteiger partial charge is 0.162 e. The molecule has 0 fully saturated rings. The van der Waals surface area contributed by atoms with E-state index in [1.165, 1.54) is 0 Å². The Kier molecular flexibility index (Phi) is 5.07. The first-order valence-electron chi connectivity index (χ1n) is 7.48. The molecule has 0 bridgehead atoms. The Morgan fingerprint density at radius 3 is 2.71 bits per heavy atom. The monoisotopic (exact) mass is 291 g/mol. The average molecular weight is 291 g/mol. The van der Waals surface area contributed by atoms with E-state index in [4.69, 9.17) is 9.15 Å². The molecule has 0 aliphatic rings. The molecule has 1 unspecified atom stereocenters. The number of furan rings is 1. The molecule has 2 heterocycles. The summed E-state index contributed by atoms with van der Waals surface area (Å²) in [6.07, 6.45) is 4.55. The lowest BCUT2D eigenvalue weighted by atomic mass is 10.1. The third kappa shape index (κ3) is 3.13. The molecule has 5 nitrogen and oxygen atoms in total. The lowest BCUT2D eigenvalue weighted by Crippen LogP contribution is -2.27. The van der Waals surface area contributed by atoms with E-state index in [0.717, 1.165) is 35.7 Å². The van der Waals surface area contributed by atoms with Gasteiger partial charge in [-0.25, -0.2) is 0 Å². The maximum atomic E-state index is 5.72. The van der Waals surface area contributed by atoms with Crippen LogP contribution in [0.15, 0.2) is 22.9 Å². The second-order valence-corrected chi connectivity index (χ2v) is 5.49. The molecule has 5 heteroatoms. The highest BCUT2D eigenvalue weighted by Gasteiger charge is 2.27. The lowest BCUT2D eigenvalue weighted by Gasteiger charge is -2.21. The first-order chi connectivity index (χ1) is 10.1. The van der Waals surface area contributed by atoms with Crippen molar-refractivity contribution in [2.24, 2.45) is 0 Å². The maximum absolute atomic E-state index is 5.72. The minimum Gasteiger partial charge on any atom is -0.493 e. The number of hydrogen-bond donors (Lipinski definition) is 1. The van der Waals surface area contributed by atoms with Crippen molar-refractivity contribution in [3.63, 3.8) is 0 Å². The van der Waals surface area contributed by atoms with Gasteiger partial charge in [0.05, 0.1) is 19.6 Å². The van der Waals surface area contributed by atoms with Gasteiger partial charge in [-0.3, -0.25) is 4.68 Å². The summed E-state index contributed by atoms with van der Waals surface area (Å²) in [5.41, 5.74) is 2.14. The van der Waals surface area contributed by atoms with Crippen LogP contribution in [0.5, 0.6) is 5.75 Å². The summed E-state index contributed by atoms with van der Waals surface area (Å²) in [7, 11) is 1.68. The van der Waals surface area contributed by atoms with Crippen molar-refractivity contribution in [1.29, 1.82) is 0 Å². The summed E-state index contributed by atoms with van der Waals surface area (Å²) in [5.74, 6) is 1.71. The van der Waals surface area contributed by atoms with E-state index in [1.54, 1.807) is 19.6 Å². The zero-order chi connectivity index (χ0) is 15.4. The van der Waals surface area contributed by atoms with Gasteiger partial charge in [0.25, 0.3) is 0 Å². The zero-order valence-corrected chi connectivity index (χ0v) is 13.5. The van der Waals surface area contributed by atoms with Crippen LogP contribution in [0, 0.1) is 6.92 Å². The number of aryl methyl sites for hydroxylation is 1. The zero-order valence-electron chi connectivity index (χ0n) is 13.5. The molecule has 0 spiro atoms. The largest absolute Gasteiger partial charge is 0.493 e. The first-order valence-corrected chi connectivity index (χ1v) is 7.48. The van der Waals surface area contributed by atoms with Gasteiger partial charge in [0.2, 0.25) is 0 Å². The molecule has 2 aromatic rings. The average Bonchev–Trinajstić information content (AvgIpc) is 3.06. The molecule has 0 aliphatic carbocycles. The van der Waals surface area contributed by atoms with E-state index >= 15 is 0 Å². The summed E-state index contributed by atoms with van der Waals surface area (Å²) < 4.78 is 13.2. The summed E-state index contributed by atoms with van der Waals surface area (Å²) in [5, 5.41) is 8.02. The Labute approximate surface area is 126 Å². The Hall–Kier alpha value is -1.75. The Morgan fingerprint density at radius 1 is 1.43 bits per heavy atom. The highest BCUT2D eigenvalue weighted by Crippen LogP contribution is 2.33. The van der Waals surface area contributed by atoms with Gasteiger partial charge in [-0.05, 0) is 45.4 Å². The second-order valence-electron chi connectivity index (χ2n) is 5.49. The van der Waals surface area contributed by atoms with Gasteiger partial charge in [0.15, 0.2) is 5.75 Å². The lowest BCUT2D eigenvalue weighted by molar-refractivity contribution is 0.374. The number of aromatic nitrogens is 2. The van der Waals surface area contributed by atoms with Crippen LogP contribution in [0.3, 0.4) is 0 Å². The number of nitrogens with zero attached hydrogens (tertiary/aromatic N) is 2. The van der Waals surface area contributed by atoms with E-state index in [1.807, 2.05) is 10.7 Å². The fourth-order valence-electron chi connectivity index (χ4n) is 2.48. The van der Waals surface area contributed by atoms with Gasteiger partial charge in [-0.1, -0.05) is 6.92 Å². The minimum absolute atomic E-state index is 0.0557. The highest BCUT2D eigenvalue weighted by molar-refractivity contribution is 5.36. The van der Waals surface area contributed by atoms with Crippen LogP contribution in [-0.2, 0) is 0 Å². The molecule has 0 aromatic carbocycles. The second kappa shape index (κ2) is 6.80. The van der Waals surface area contributed by atoms with Gasteiger partial charge in [0, 0.05) is 6.04 Å². The van der Waals surface area contributed by atoms with Crippen molar-refractivity contribution in [1.82, 2.24) is 15.1 Å². The molecule has 0 aliphatic heterocycles. The normalized spacial score (nSPS) is 12.9. The third-order valence-electron chi connectivity index (χ3n) is 3.54. The van der Waals surface area contributed by atoms with E-state index in [9.17, 15) is 0 Å². The van der Waals surface area contributed by atoms with Crippen molar-refractivity contribution >= 4 is 0 Å². The van der Waals surface area contributed by atoms with Gasteiger partial charge >= 0.3 is 0 Å². The van der Waals surface area contributed by atoms with Crippen molar-refractivity contribution < 1.29 is 9.15 Å². The fraction of sp³-hybridized carbons (Fsp3) is 0.562. The minimum atomic E-state index is -0.0557. The van der Waals surface area contributed by atoms with Crippen molar-refractivity contribution in [3.8, 4) is 5.75 Å². The summed E-state index contributed by atoms with van der Waals surface area (Å²) in [6.45, 7) is 9.33. The van der Waals surface area contributed by atoms with Gasteiger partial charge in [-0.15, -0.1) is 0 Å². The Morgan fingerprint density at radius 2 is 2.19 bits per heavy atom. The number of methoxy groups -OCH3 is 1. The third-order valence-corrected chi connectivity index (χ3v) is 3.54. The fourth-order valence-corrected chi connectivity index (χ4v) is 2.48. The molecular weight excluding hydrogens is 266 g/mol. The molecule has 1 N–H and O–H groups in total.